The molecule has 0 bridgehead atoms. The Morgan fingerprint density at radius 3 is 2.75 bits per heavy atom. The molecule has 0 amide bonds. The zero-order valence-corrected chi connectivity index (χ0v) is 12.1. The molecule has 3 rings (SSSR count). The van der Waals surface area contributed by atoms with Gasteiger partial charge in [-0.25, -0.2) is 4.39 Å². The molecule has 1 aliphatic heterocycles. The third-order valence-corrected chi connectivity index (χ3v) is 4.78. The van der Waals surface area contributed by atoms with Gasteiger partial charge in [-0.3, -0.25) is 0 Å². The number of fused-ring (bicyclic) bond motifs is 1. The van der Waals surface area contributed by atoms with Crippen molar-refractivity contribution in [2.24, 2.45) is 0 Å². The predicted octanol–water partition coefficient (Wildman–Crippen LogP) is 3.20. The van der Waals surface area contributed by atoms with Gasteiger partial charge in [0.2, 0.25) is 0 Å². The zero-order valence-electron chi connectivity index (χ0n) is 12.1. The second kappa shape index (κ2) is 5.34. The van der Waals surface area contributed by atoms with Crippen LogP contribution in [0, 0.1) is 5.82 Å². The Kier molecular flexibility index (Phi) is 3.69. The summed E-state index contributed by atoms with van der Waals surface area (Å²) in [6, 6.07) is 4.99. The summed E-state index contributed by atoms with van der Waals surface area (Å²) in [5.74, 6) is 0.625. The highest BCUT2D eigenvalue weighted by atomic mass is 19.1. The minimum atomic E-state index is -0.202. The van der Waals surface area contributed by atoms with Crippen LogP contribution in [0.2, 0.25) is 0 Å². The van der Waals surface area contributed by atoms with E-state index in [9.17, 15) is 4.39 Å². The predicted molar refractivity (Wildman–Crippen MR) is 75.4 cm³/mol. The first-order chi connectivity index (χ1) is 9.65. The normalized spacial score (nSPS) is 32.8. The van der Waals surface area contributed by atoms with Gasteiger partial charge in [-0.1, -0.05) is 0 Å². The van der Waals surface area contributed by atoms with Crippen LogP contribution in [0.4, 0.5) is 4.39 Å². The van der Waals surface area contributed by atoms with Gasteiger partial charge in [-0.2, -0.15) is 0 Å². The molecular formula is C16H22FNO2. The monoisotopic (exact) mass is 279 g/mol. The fraction of sp³-hybridized carbons (Fsp3) is 0.625. The Labute approximate surface area is 119 Å². The van der Waals surface area contributed by atoms with E-state index in [0.29, 0.717) is 6.10 Å². The van der Waals surface area contributed by atoms with Crippen LogP contribution in [0.5, 0.6) is 5.75 Å². The molecule has 3 nitrogen and oxygen atoms in total. The van der Waals surface area contributed by atoms with E-state index in [1.165, 1.54) is 6.07 Å². The van der Waals surface area contributed by atoms with Gasteiger partial charge in [-0.05, 0) is 50.9 Å². The van der Waals surface area contributed by atoms with Gasteiger partial charge < -0.3 is 14.8 Å². The third-order valence-electron chi connectivity index (χ3n) is 4.78. The van der Waals surface area contributed by atoms with Gasteiger partial charge in [0.1, 0.15) is 17.2 Å². The number of methoxy groups -OCH3 is 1. The van der Waals surface area contributed by atoms with Crippen LogP contribution in [0.1, 0.15) is 43.7 Å². The summed E-state index contributed by atoms with van der Waals surface area (Å²) in [5.41, 5.74) is 0.820. The lowest BCUT2D eigenvalue weighted by atomic mass is 9.76. The molecule has 1 saturated carbocycles. The van der Waals surface area contributed by atoms with Crippen LogP contribution >= 0.6 is 0 Å². The molecule has 1 aromatic rings. The lowest BCUT2D eigenvalue weighted by Gasteiger charge is -2.45. The smallest absolute Gasteiger partial charge is 0.125 e. The molecule has 1 spiro atoms. The van der Waals surface area contributed by atoms with Crippen molar-refractivity contribution in [2.75, 3.05) is 14.2 Å². The Balaban J connectivity index is 1.86. The van der Waals surface area contributed by atoms with Crippen molar-refractivity contribution in [2.45, 2.75) is 49.9 Å². The summed E-state index contributed by atoms with van der Waals surface area (Å²) in [6.07, 6.45) is 5.32. The van der Waals surface area contributed by atoms with Gasteiger partial charge in [0, 0.05) is 25.1 Å². The van der Waals surface area contributed by atoms with E-state index in [4.69, 9.17) is 9.47 Å². The van der Waals surface area contributed by atoms with Gasteiger partial charge in [-0.15, -0.1) is 0 Å². The molecule has 1 aliphatic carbocycles. The van der Waals surface area contributed by atoms with Crippen LogP contribution in [0.3, 0.4) is 0 Å². The van der Waals surface area contributed by atoms with E-state index in [-0.39, 0.29) is 17.5 Å². The number of nitrogens with one attached hydrogen (secondary N) is 1. The van der Waals surface area contributed by atoms with Crippen LogP contribution in [-0.2, 0) is 4.74 Å². The summed E-state index contributed by atoms with van der Waals surface area (Å²) >= 11 is 0. The minimum Gasteiger partial charge on any atom is -0.487 e. The van der Waals surface area contributed by atoms with Crippen molar-refractivity contribution in [3.8, 4) is 5.75 Å². The molecule has 1 N–H and O–H groups in total. The van der Waals surface area contributed by atoms with Crippen molar-refractivity contribution >= 4 is 0 Å². The number of halogens is 1. The number of hydrogen-bond donors (Lipinski definition) is 1. The lowest BCUT2D eigenvalue weighted by Crippen LogP contribution is -2.47. The Bertz CT molecular complexity index is 483. The zero-order chi connectivity index (χ0) is 14.2. The molecule has 0 aromatic heterocycles. The SMILES string of the molecule is CNC1CC2(CCC(OC)CC2)Oc2ccc(F)cc21. The van der Waals surface area contributed by atoms with Crippen molar-refractivity contribution in [1.29, 1.82) is 0 Å². The standard InChI is InChI=1S/C16H22FNO2/c1-18-14-10-16(7-5-12(19-2)6-8-16)20-15-4-3-11(17)9-13(14)15/h3-4,9,12,14,18H,5-8,10H2,1-2H3. The quantitative estimate of drug-likeness (QED) is 0.902. The molecule has 0 radical (unpaired) electrons. The van der Waals surface area contributed by atoms with E-state index in [2.05, 4.69) is 5.32 Å². The molecule has 1 heterocycles. The topological polar surface area (TPSA) is 30.5 Å². The molecule has 0 saturated heterocycles. The second-order valence-electron chi connectivity index (χ2n) is 5.95. The largest absolute Gasteiger partial charge is 0.487 e. The maximum Gasteiger partial charge on any atom is 0.125 e. The molecule has 1 aromatic carbocycles. The van der Waals surface area contributed by atoms with E-state index in [0.717, 1.165) is 43.4 Å². The number of benzene rings is 1. The third kappa shape index (κ3) is 2.42. The fourth-order valence-electron chi connectivity index (χ4n) is 3.56. The highest BCUT2D eigenvalue weighted by molar-refractivity contribution is 5.39. The summed E-state index contributed by atoms with van der Waals surface area (Å²) in [7, 11) is 3.71. The molecule has 2 aliphatic rings. The molecule has 1 fully saturated rings. The van der Waals surface area contributed by atoms with Crippen LogP contribution in [-0.4, -0.2) is 25.9 Å². The first-order valence-electron chi connectivity index (χ1n) is 7.34. The second-order valence-corrected chi connectivity index (χ2v) is 5.95. The van der Waals surface area contributed by atoms with E-state index in [1.807, 2.05) is 7.05 Å². The molecule has 4 heteroatoms. The number of ether oxygens (including phenoxy) is 2. The van der Waals surface area contributed by atoms with Crippen molar-refractivity contribution in [3.05, 3.63) is 29.6 Å². The fourth-order valence-corrected chi connectivity index (χ4v) is 3.56. The number of hydrogen-bond acceptors (Lipinski definition) is 3. The van der Waals surface area contributed by atoms with Gasteiger partial charge in [0.25, 0.3) is 0 Å². The lowest BCUT2D eigenvalue weighted by molar-refractivity contribution is -0.0450. The molecule has 1 atom stereocenters. The highest BCUT2D eigenvalue weighted by Gasteiger charge is 2.43. The van der Waals surface area contributed by atoms with E-state index in [1.54, 1.807) is 19.2 Å². The maximum absolute atomic E-state index is 13.4. The van der Waals surface area contributed by atoms with Crippen molar-refractivity contribution in [3.63, 3.8) is 0 Å². The molecular weight excluding hydrogens is 257 g/mol. The highest BCUT2D eigenvalue weighted by Crippen LogP contribution is 2.46. The summed E-state index contributed by atoms with van der Waals surface area (Å²) in [5, 5.41) is 3.31. The average molecular weight is 279 g/mol. The van der Waals surface area contributed by atoms with Gasteiger partial charge in [0.05, 0.1) is 6.10 Å². The Hall–Kier alpha value is -1.13. The Morgan fingerprint density at radius 2 is 2.10 bits per heavy atom. The van der Waals surface area contributed by atoms with Crippen LogP contribution < -0.4 is 10.1 Å². The maximum atomic E-state index is 13.4. The number of rotatable bonds is 2. The first kappa shape index (κ1) is 13.8. The molecule has 1 unspecified atom stereocenters. The van der Waals surface area contributed by atoms with Gasteiger partial charge >= 0.3 is 0 Å². The first-order valence-corrected chi connectivity index (χ1v) is 7.34. The average Bonchev–Trinajstić information content (AvgIpc) is 2.48. The van der Waals surface area contributed by atoms with E-state index < -0.39 is 0 Å². The summed E-state index contributed by atoms with van der Waals surface area (Å²) in [4.78, 5) is 0. The Morgan fingerprint density at radius 1 is 1.35 bits per heavy atom. The minimum absolute atomic E-state index is 0.118. The van der Waals surface area contributed by atoms with Crippen LogP contribution in [0.25, 0.3) is 0 Å². The van der Waals surface area contributed by atoms with Crippen LogP contribution in [0.15, 0.2) is 18.2 Å². The van der Waals surface area contributed by atoms with Crippen molar-refractivity contribution in [1.82, 2.24) is 5.32 Å². The van der Waals surface area contributed by atoms with Crippen molar-refractivity contribution < 1.29 is 13.9 Å². The molecule has 110 valence electrons. The summed E-state index contributed by atoms with van der Waals surface area (Å²) in [6.45, 7) is 0. The van der Waals surface area contributed by atoms with Gasteiger partial charge in [0.15, 0.2) is 0 Å². The summed E-state index contributed by atoms with van der Waals surface area (Å²) < 4.78 is 25.2. The molecule has 20 heavy (non-hydrogen) atoms. The van der Waals surface area contributed by atoms with E-state index >= 15 is 0 Å².